The lowest BCUT2D eigenvalue weighted by Gasteiger charge is -2.46. The first kappa shape index (κ1) is 13.1. The number of hydrogen-bond donors (Lipinski definition) is 1. The summed E-state index contributed by atoms with van der Waals surface area (Å²) in [6, 6.07) is 9.93. The van der Waals surface area contributed by atoms with Crippen LogP contribution in [0.5, 0.6) is 0 Å². The van der Waals surface area contributed by atoms with Crippen LogP contribution >= 0.6 is 0 Å². The minimum absolute atomic E-state index is 0.0448. The third-order valence-electron chi connectivity index (χ3n) is 3.32. The Morgan fingerprint density at radius 3 is 2.39 bits per heavy atom. The fourth-order valence-electron chi connectivity index (χ4n) is 2.23. The second-order valence-corrected chi connectivity index (χ2v) is 10.6. The molecule has 1 aliphatic rings. The van der Waals surface area contributed by atoms with Crippen molar-refractivity contribution in [1.82, 2.24) is 9.99 Å². The fraction of sp³-hybridized carbons (Fsp3) is 0.462. The summed E-state index contributed by atoms with van der Waals surface area (Å²) in [5.74, 6) is 0.0764. The van der Waals surface area contributed by atoms with E-state index in [1.807, 2.05) is 42.3 Å². The van der Waals surface area contributed by atoms with Gasteiger partial charge in [-0.1, -0.05) is 37.8 Å². The molecule has 0 aromatic heterocycles. The van der Waals surface area contributed by atoms with Crippen LogP contribution in [0.25, 0.3) is 0 Å². The number of carbonyl (C=O) groups excluding carboxylic acids is 1. The van der Waals surface area contributed by atoms with Crippen LogP contribution in [0.4, 0.5) is 5.69 Å². The molecule has 0 aliphatic carbocycles. The molecule has 0 bridgehead atoms. The van der Waals surface area contributed by atoms with E-state index in [4.69, 9.17) is 0 Å². The SMILES string of the molecule is C[C@H]1C(=O)NN(c2ccccc2)CN1[Si](C)(C)C. The van der Waals surface area contributed by atoms with Crippen LogP contribution in [-0.4, -0.2) is 31.4 Å². The van der Waals surface area contributed by atoms with Crippen molar-refractivity contribution < 1.29 is 4.79 Å². The summed E-state index contributed by atoms with van der Waals surface area (Å²) in [6.45, 7) is 9.55. The predicted molar refractivity (Wildman–Crippen MR) is 76.6 cm³/mol. The summed E-state index contributed by atoms with van der Waals surface area (Å²) in [7, 11) is -1.51. The number of rotatable bonds is 2. The second-order valence-electron chi connectivity index (χ2n) is 5.70. The van der Waals surface area contributed by atoms with Crippen LogP contribution in [0, 0.1) is 0 Å². The molecular formula is C13H21N3OSi. The van der Waals surface area contributed by atoms with Crippen LogP contribution in [0.3, 0.4) is 0 Å². The van der Waals surface area contributed by atoms with Crippen molar-refractivity contribution in [2.24, 2.45) is 0 Å². The highest BCUT2D eigenvalue weighted by molar-refractivity contribution is 6.73. The first-order valence-electron chi connectivity index (χ1n) is 6.29. The Morgan fingerprint density at radius 2 is 1.83 bits per heavy atom. The monoisotopic (exact) mass is 263 g/mol. The number of hydrogen-bond acceptors (Lipinski definition) is 3. The van der Waals surface area contributed by atoms with Gasteiger partial charge in [0.25, 0.3) is 5.91 Å². The topological polar surface area (TPSA) is 35.6 Å². The van der Waals surface area contributed by atoms with Crippen molar-refractivity contribution in [2.75, 3.05) is 11.7 Å². The van der Waals surface area contributed by atoms with Crippen LogP contribution in [0.2, 0.25) is 19.6 Å². The van der Waals surface area contributed by atoms with E-state index >= 15 is 0 Å². The predicted octanol–water partition coefficient (Wildman–Crippen LogP) is 2.02. The van der Waals surface area contributed by atoms with E-state index in [2.05, 4.69) is 29.6 Å². The zero-order valence-corrected chi connectivity index (χ0v) is 12.5. The second kappa shape index (κ2) is 4.74. The van der Waals surface area contributed by atoms with Gasteiger partial charge < -0.3 is 0 Å². The molecule has 1 fully saturated rings. The van der Waals surface area contributed by atoms with E-state index < -0.39 is 8.24 Å². The van der Waals surface area contributed by atoms with Gasteiger partial charge in [-0.3, -0.25) is 19.8 Å². The average Bonchev–Trinajstić information content (AvgIpc) is 2.32. The highest BCUT2D eigenvalue weighted by Crippen LogP contribution is 2.21. The Hall–Kier alpha value is -1.33. The number of carbonyl (C=O) groups is 1. The van der Waals surface area contributed by atoms with Crippen LogP contribution in [0.15, 0.2) is 30.3 Å². The standard InChI is InChI=1S/C13H21N3OSi/c1-11-13(17)14-15(10-16(11)18(2,3)4)12-8-6-5-7-9-12/h5-9,11H,10H2,1-4H3,(H,14,17)/t11-/m0/s1. The molecule has 1 saturated heterocycles. The van der Waals surface area contributed by atoms with E-state index in [9.17, 15) is 4.79 Å². The van der Waals surface area contributed by atoms with Gasteiger partial charge in [0.05, 0.1) is 18.4 Å². The average molecular weight is 263 g/mol. The van der Waals surface area contributed by atoms with Gasteiger partial charge >= 0.3 is 0 Å². The lowest BCUT2D eigenvalue weighted by atomic mass is 10.3. The molecular weight excluding hydrogens is 242 g/mol. The van der Waals surface area contributed by atoms with E-state index in [1.165, 1.54) is 0 Å². The van der Waals surface area contributed by atoms with Gasteiger partial charge in [-0.25, -0.2) is 0 Å². The van der Waals surface area contributed by atoms with E-state index in [0.29, 0.717) is 0 Å². The summed E-state index contributed by atoms with van der Waals surface area (Å²) in [6.07, 6.45) is 0. The molecule has 0 saturated carbocycles. The first-order chi connectivity index (χ1) is 8.39. The lowest BCUT2D eigenvalue weighted by molar-refractivity contribution is -0.126. The third kappa shape index (κ3) is 2.57. The molecule has 1 aromatic carbocycles. The molecule has 1 aliphatic heterocycles. The summed E-state index contributed by atoms with van der Waals surface area (Å²) < 4.78 is 2.33. The summed E-state index contributed by atoms with van der Waals surface area (Å²) in [5, 5.41) is 1.93. The molecule has 18 heavy (non-hydrogen) atoms. The molecule has 0 unspecified atom stereocenters. The Bertz CT molecular complexity index is 430. The number of anilines is 1. The minimum Gasteiger partial charge on any atom is -0.295 e. The number of nitrogens with zero attached hydrogens (tertiary/aromatic N) is 2. The molecule has 4 nitrogen and oxygen atoms in total. The maximum absolute atomic E-state index is 12.1. The Morgan fingerprint density at radius 1 is 1.22 bits per heavy atom. The molecule has 1 amide bonds. The van der Waals surface area contributed by atoms with Crippen molar-refractivity contribution >= 4 is 19.8 Å². The zero-order chi connectivity index (χ0) is 13.3. The van der Waals surface area contributed by atoms with E-state index in [1.54, 1.807) is 0 Å². The number of para-hydroxylation sites is 1. The first-order valence-corrected chi connectivity index (χ1v) is 9.74. The highest BCUT2D eigenvalue weighted by atomic mass is 28.3. The molecule has 0 radical (unpaired) electrons. The molecule has 1 heterocycles. The third-order valence-corrected chi connectivity index (χ3v) is 5.57. The van der Waals surface area contributed by atoms with Gasteiger partial charge in [0.2, 0.25) is 0 Å². The summed E-state index contributed by atoms with van der Waals surface area (Å²) in [5.41, 5.74) is 3.99. The van der Waals surface area contributed by atoms with Gasteiger partial charge in [-0.05, 0) is 19.1 Å². The quantitative estimate of drug-likeness (QED) is 0.829. The fourth-order valence-corrected chi connectivity index (χ4v) is 4.07. The van der Waals surface area contributed by atoms with E-state index in [-0.39, 0.29) is 11.9 Å². The Balaban J connectivity index is 2.24. The molecule has 1 atom stereocenters. The number of hydrazine groups is 1. The normalized spacial score (nSPS) is 21.9. The Kier molecular flexibility index (Phi) is 3.45. The van der Waals surface area contributed by atoms with Gasteiger partial charge in [0.1, 0.15) is 8.24 Å². The van der Waals surface area contributed by atoms with Crippen LogP contribution in [0.1, 0.15) is 6.92 Å². The lowest BCUT2D eigenvalue weighted by Crippen LogP contribution is -2.67. The van der Waals surface area contributed by atoms with Gasteiger partial charge in [-0.2, -0.15) is 0 Å². The molecule has 1 N–H and O–H groups in total. The maximum Gasteiger partial charge on any atom is 0.255 e. The largest absolute Gasteiger partial charge is 0.295 e. The highest BCUT2D eigenvalue weighted by Gasteiger charge is 2.37. The van der Waals surface area contributed by atoms with E-state index in [0.717, 1.165) is 12.4 Å². The van der Waals surface area contributed by atoms with Crippen molar-refractivity contribution in [3.63, 3.8) is 0 Å². The molecule has 98 valence electrons. The maximum atomic E-state index is 12.1. The minimum atomic E-state index is -1.51. The summed E-state index contributed by atoms with van der Waals surface area (Å²) in [4.78, 5) is 12.1. The van der Waals surface area contributed by atoms with Crippen LogP contribution < -0.4 is 10.4 Å². The van der Waals surface area contributed by atoms with Gasteiger partial charge in [0.15, 0.2) is 0 Å². The molecule has 2 rings (SSSR count). The smallest absolute Gasteiger partial charge is 0.255 e. The molecule has 0 spiro atoms. The van der Waals surface area contributed by atoms with Crippen LogP contribution in [-0.2, 0) is 4.79 Å². The van der Waals surface area contributed by atoms with Crippen molar-refractivity contribution in [3.05, 3.63) is 30.3 Å². The molecule has 5 heteroatoms. The Labute approximate surface area is 110 Å². The number of benzene rings is 1. The summed E-state index contributed by atoms with van der Waals surface area (Å²) >= 11 is 0. The number of amides is 1. The number of nitrogens with one attached hydrogen (secondary N) is 1. The van der Waals surface area contributed by atoms with Gasteiger partial charge in [-0.15, -0.1) is 0 Å². The zero-order valence-electron chi connectivity index (χ0n) is 11.5. The van der Waals surface area contributed by atoms with Gasteiger partial charge in [0, 0.05) is 0 Å². The van der Waals surface area contributed by atoms with Crippen molar-refractivity contribution in [2.45, 2.75) is 32.6 Å². The molecule has 1 aromatic rings. The van der Waals surface area contributed by atoms with Crippen molar-refractivity contribution in [3.8, 4) is 0 Å². The van der Waals surface area contributed by atoms with Crippen molar-refractivity contribution in [1.29, 1.82) is 0 Å².